The largest absolute Gasteiger partial charge is 0.478 e. The number of hydrogen-bond acceptors (Lipinski definition) is 7. The molecule has 1 aliphatic carbocycles. The van der Waals surface area contributed by atoms with Crippen LogP contribution in [0.15, 0.2) is 42.5 Å². The number of fused-ring (bicyclic) bond motifs is 2. The zero-order chi connectivity index (χ0) is 30.2. The second kappa shape index (κ2) is 15.0. The van der Waals surface area contributed by atoms with Crippen molar-refractivity contribution in [1.82, 2.24) is 14.8 Å². The van der Waals surface area contributed by atoms with Crippen LogP contribution in [0.5, 0.6) is 5.88 Å². The number of carbonyl (C=O) groups is 2. The lowest BCUT2D eigenvalue weighted by Crippen LogP contribution is -2.48. The number of aromatic nitrogens is 1. The quantitative estimate of drug-likeness (QED) is 0.214. The molecular weight excluding hydrogens is 540 g/mol. The molecule has 3 heterocycles. The fourth-order valence-corrected chi connectivity index (χ4v) is 6.64. The molecule has 2 unspecified atom stereocenters. The molecule has 43 heavy (non-hydrogen) atoms. The monoisotopic (exact) mass is 588 g/mol. The number of esters is 1. The van der Waals surface area contributed by atoms with Crippen LogP contribution in [0, 0.1) is 11.8 Å². The highest BCUT2D eigenvalue weighted by molar-refractivity contribution is 5.95. The summed E-state index contributed by atoms with van der Waals surface area (Å²) in [7, 11) is 0. The van der Waals surface area contributed by atoms with E-state index >= 15 is 0 Å². The molecule has 1 aromatic heterocycles. The third-order valence-corrected chi connectivity index (χ3v) is 8.82. The normalized spacial score (nSPS) is 19.7. The summed E-state index contributed by atoms with van der Waals surface area (Å²) in [6.45, 7) is 12.3. The van der Waals surface area contributed by atoms with Gasteiger partial charge in [-0.25, -0.2) is 0 Å². The summed E-state index contributed by atoms with van der Waals surface area (Å²) in [5.41, 5.74) is 3.80. The van der Waals surface area contributed by atoms with Gasteiger partial charge in [0.2, 0.25) is 11.8 Å². The molecule has 2 atom stereocenters. The average molecular weight is 589 g/mol. The van der Waals surface area contributed by atoms with E-state index in [9.17, 15) is 9.59 Å². The third-order valence-electron chi connectivity index (χ3n) is 8.82. The number of nitrogens with zero attached hydrogens (tertiary/aromatic N) is 4. The molecule has 8 nitrogen and oxygen atoms in total. The van der Waals surface area contributed by atoms with E-state index in [0.29, 0.717) is 49.5 Å². The van der Waals surface area contributed by atoms with E-state index in [0.717, 1.165) is 64.0 Å². The maximum atomic E-state index is 12.7. The van der Waals surface area contributed by atoms with Crippen LogP contribution in [0.1, 0.15) is 82.0 Å². The Balaban J connectivity index is 1.03. The highest BCUT2D eigenvalue weighted by Crippen LogP contribution is 2.33. The molecule has 0 bridgehead atoms. The SMILES string of the molecule is CC(C)CC(C)CC(=O)OCN1C(=O)CCc2ccc(OCCCCN3CCN(C4CC=Cc5ccccc54)CC3)nc21. The highest BCUT2D eigenvalue weighted by atomic mass is 16.5. The van der Waals surface area contributed by atoms with Gasteiger partial charge in [-0.2, -0.15) is 4.98 Å². The number of carbonyl (C=O) groups excluding carboxylic acids is 2. The van der Waals surface area contributed by atoms with Gasteiger partial charge < -0.3 is 14.4 Å². The van der Waals surface area contributed by atoms with Crippen molar-refractivity contribution < 1.29 is 19.1 Å². The van der Waals surface area contributed by atoms with Gasteiger partial charge in [0.05, 0.1) is 6.61 Å². The number of benzene rings is 1. The number of piperazine rings is 1. The molecule has 5 rings (SSSR count). The van der Waals surface area contributed by atoms with Gasteiger partial charge in [-0.15, -0.1) is 0 Å². The number of anilines is 1. The number of ether oxygens (including phenoxy) is 2. The first-order valence-electron chi connectivity index (χ1n) is 16.2. The number of unbranched alkanes of at least 4 members (excludes halogenated alkanes) is 1. The molecule has 0 saturated carbocycles. The lowest BCUT2D eigenvalue weighted by atomic mass is 9.91. The Hall–Kier alpha value is -3.23. The summed E-state index contributed by atoms with van der Waals surface area (Å²) in [4.78, 5) is 36.4. The summed E-state index contributed by atoms with van der Waals surface area (Å²) < 4.78 is 11.5. The molecular formula is C35H48N4O4. The highest BCUT2D eigenvalue weighted by Gasteiger charge is 2.28. The molecule has 2 aliphatic heterocycles. The predicted octanol–water partition coefficient (Wildman–Crippen LogP) is 5.87. The van der Waals surface area contributed by atoms with Gasteiger partial charge in [0.25, 0.3) is 0 Å². The number of rotatable bonds is 13. The fraction of sp³-hybridized carbons (Fsp3) is 0.571. The Labute approximate surface area is 257 Å². The van der Waals surface area contributed by atoms with E-state index in [1.165, 1.54) is 16.0 Å². The van der Waals surface area contributed by atoms with Crippen LogP contribution in [0.2, 0.25) is 0 Å². The number of amides is 1. The molecule has 3 aliphatic rings. The number of aryl methyl sites for hydroxylation is 1. The van der Waals surface area contributed by atoms with Crippen molar-refractivity contribution in [3.05, 3.63) is 59.2 Å². The summed E-state index contributed by atoms with van der Waals surface area (Å²) in [5, 5.41) is 0. The lowest BCUT2D eigenvalue weighted by Gasteiger charge is -2.40. The first-order chi connectivity index (χ1) is 20.9. The van der Waals surface area contributed by atoms with E-state index in [1.807, 2.05) is 12.1 Å². The summed E-state index contributed by atoms with van der Waals surface area (Å²) in [6.07, 6.45) is 10.0. The van der Waals surface area contributed by atoms with Crippen LogP contribution in [0.4, 0.5) is 5.82 Å². The van der Waals surface area contributed by atoms with Gasteiger partial charge in [-0.05, 0) is 73.2 Å². The van der Waals surface area contributed by atoms with Gasteiger partial charge >= 0.3 is 5.97 Å². The molecule has 2 aromatic rings. The molecule has 1 aromatic carbocycles. The van der Waals surface area contributed by atoms with Gasteiger partial charge in [-0.1, -0.05) is 57.2 Å². The Morgan fingerprint density at radius 2 is 1.84 bits per heavy atom. The van der Waals surface area contributed by atoms with Crippen molar-refractivity contribution >= 4 is 23.8 Å². The van der Waals surface area contributed by atoms with Crippen molar-refractivity contribution in [2.75, 3.05) is 51.0 Å². The van der Waals surface area contributed by atoms with Crippen LogP contribution in [-0.4, -0.2) is 72.7 Å². The van der Waals surface area contributed by atoms with E-state index in [4.69, 9.17) is 9.47 Å². The Morgan fingerprint density at radius 3 is 2.65 bits per heavy atom. The van der Waals surface area contributed by atoms with E-state index in [2.05, 4.69) is 72.0 Å². The minimum absolute atomic E-state index is 0.0792. The minimum atomic E-state index is -0.279. The van der Waals surface area contributed by atoms with E-state index < -0.39 is 0 Å². The van der Waals surface area contributed by atoms with E-state index in [-0.39, 0.29) is 24.5 Å². The number of hydrogen-bond donors (Lipinski definition) is 0. The van der Waals surface area contributed by atoms with Crippen molar-refractivity contribution in [1.29, 1.82) is 0 Å². The zero-order valence-electron chi connectivity index (χ0n) is 26.2. The van der Waals surface area contributed by atoms with Crippen LogP contribution >= 0.6 is 0 Å². The van der Waals surface area contributed by atoms with Gasteiger partial charge in [0.1, 0.15) is 5.82 Å². The summed E-state index contributed by atoms with van der Waals surface area (Å²) in [6, 6.07) is 13.1. The van der Waals surface area contributed by atoms with Gasteiger partial charge in [0, 0.05) is 51.1 Å². The third kappa shape index (κ3) is 8.45. The molecule has 1 saturated heterocycles. The van der Waals surface area contributed by atoms with Crippen molar-refractivity contribution in [2.24, 2.45) is 11.8 Å². The van der Waals surface area contributed by atoms with Gasteiger partial charge in [0.15, 0.2) is 6.73 Å². The second-order valence-electron chi connectivity index (χ2n) is 12.8. The molecule has 8 heteroatoms. The standard InChI is InChI=1S/C35H48N4O4/c1-26(2)23-27(3)24-34(41)43-25-39-33(40)16-14-29-13-15-32(36-35(29)39)42-22-7-6-17-37-18-20-38(21-19-37)31-12-8-10-28-9-4-5-11-30(28)31/h4-5,8-11,13,15,26-27,31H,6-7,12,14,16-25H2,1-3H3. The van der Waals surface area contributed by atoms with Crippen molar-refractivity contribution in [2.45, 2.75) is 71.8 Å². The van der Waals surface area contributed by atoms with Crippen molar-refractivity contribution in [3.8, 4) is 5.88 Å². The Kier molecular flexibility index (Phi) is 10.9. The van der Waals surface area contributed by atoms with Crippen LogP contribution in [-0.2, 0) is 20.7 Å². The summed E-state index contributed by atoms with van der Waals surface area (Å²) in [5.74, 6) is 1.47. The molecule has 0 N–H and O–H groups in total. The fourth-order valence-electron chi connectivity index (χ4n) is 6.64. The molecule has 232 valence electrons. The van der Waals surface area contributed by atoms with Crippen LogP contribution in [0.3, 0.4) is 0 Å². The summed E-state index contributed by atoms with van der Waals surface area (Å²) >= 11 is 0. The molecule has 1 amide bonds. The molecule has 0 radical (unpaired) electrons. The van der Waals surface area contributed by atoms with Crippen LogP contribution in [0.25, 0.3) is 6.08 Å². The van der Waals surface area contributed by atoms with Gasteiger partial charge in [-0.3, -0.25) is 19.4 Å². The molecule has 0 spiro atoms. The van der Waals surface area contributed by atoms with E-state index in [1.54, 1.807) is 0 Å². The molecule has 1 fully saturated rings. The zero-order valence-corrected chi connectivity index (χ0v) is 26.2. The second-order valence-corrected chi connectivity index (χ2v) is 12.8. The first kappa shape index (κ1) is 31.2. The Morgan fingerprint density at radius 1 is 1.02 bits per heavy atom. The first-order valence-corrected chi connectivity index (χ1v) is 16.2. The maximum Gasteiger partial charge on any atom is 0.307 e. The van der Waals surface area contributed by atoms with Crippen LogP contribution < -0.4 is 9.64 Å². The average Bonchev–Trinajstić information content (AvgIpc) is 3.00. The lowest BCUT2D eigenvalue weighted by molar-refractivity contribution is -0.145. The predicted molar refractivity (Wildman–Crippen MR) is 170 cm³/mol. The van der Waals surface area contributed by atoms with Crippen molar-refractivity contribution in [3.63, 3.8) is 0 Å². The minimum Gasteiger partial charge on any atom is -0.478 e. The number of pyridine rings is 1. The maximum absolute atomic E-state index is 12.7. The Bertz CT molecular complexity index is 1270. The smallest absolute Gasteiger partial charge is 0.307 e. The topological polar surface area (TPSA) is 75.2 Å².